The molecule has 0 amide bonds. The lowest BCUT2D eigenvalue weighted by atomic mass is 10.1. The molecule has 2 aromatic heterocycles. The molecule has 0 saturated carbocycles. The van der Waals surface area contributed by atoms with Crippen molar-refractivity contribution in [2.24, 2.45) is 0 Å². The number of thioether (sulfide) groups is 1. The zero-order chi connectivity index (χ0) is 18.9. The summed E-state index contributed by atoms with van der Waals surface area (Å²) in [5, 5.41) is 8.78. The van der Waals surface area contributed by atoms with E-state index in [1.54, 1.807) is 11.8 Å². The summed E-state index contributed by atoms with van der Waals surface area (Å²) in [6.07, 6.45) is 2.04. The van der Waals surface area contributed by atoms with Crippen LogP contribution in [0.2, 0.25) is 0 Å². The Morgan fingerprint density at radius 3 is 2.68 bits per heavy atom. The van der Waals surface area contributed by atoms with Crippen LogP contribution in [0.1, 0.15) is 17.4 Å². The molecule has 0 fully saturated rings. The number of aromatic nitrogens is 4. The van der Waals surface area contributed by atoms with E-state index in [4.69, 9.17) is 9.26 Å². The highest BCUT2D eigenvalue weighted by Crippen LogP contribution is 2.29. The van der Waals surface area contributed by atoms with Crippen LogP contribution in [0.25, 0.3) is 23.0 Å². The Hall–Kier alpha value is -2.90. The van der Waals surface area contributed by atoms with E-state index in [1.807, 2.05) is 59.5 Å². The molecule has 1 atom stereocenters. The first-order valence-electron chi connectivity index (χ1n) is 9.02. The lowest BCUT2D eigenvalue weighted by Crippen LogP contribution is -2.21. The highest BCUT2D eigenvalue weighted by molar-refractivity contribution is 7.98. The predicted molar refractivity (Wildman–Crippen MR) is 107 cm³/mol. The maximum Gasteiger partial charge on any atom is 0.278 e. The smallest absolute Gasteiger partial charge is 0.278 e. The molecule has 4 aromatic rings. The van der Waals surface area contributed by atoms with E-state index >= 15 is 0 Å². The summed E-state index contributed by atoms with van der Waals surface area (Å²) < 4.78 is 13.4. The predicted octanol–water partition coefficient (Wildman–Crippen LogP) is 4.59. The Morgan fingerprint density at radius 1 is 1.07 bits per heavy atom. The lowest BCUT2D eigenvalue weighted by Gasteiger charge is -2.24. The van der Waals surface area contributed by atoms with E-state index < -0.39 is 0 Å². The standard InChI is InChI=1S/C21H18N4O2S/c1-28-17-9-7-15(8-10-17)20-22-21(27-24-20)18-11-16-13-26-19(12-25(16)23-18)14-5-3-2-4-6-14/h2-11,19H,12-13H2,1H3. The Labute approximate surface area is 166 Å². The topological polar surface area (TPSA) is 66.0 Å². The van der Waals surface area contributed by atoms with Crippen LogP contribution >= 0.6 is 11.8 Å². The third kappa shape index (κ3) is 3.23. The fourth-order valence-electron chi connectivity index (χ4n) is 3.28. The van der Waals surface area contributed by atoms with Crippen LogP contribution < -0.4 is 0 Å². The van der Waals surface area contributed by atoms with Gasteiger partial charge in [-0.05, 0) is 42.2 Å². The van der Waals surface area contributed by atoms with Gasteiger partial charge in [-0.3, -0.25) is 4.68 Å². The second kappa shape index (κ2) is 7.26. The molecule has 3 heterocycles. The number of benzene rings is 2. The summed E-state index contributed by atoms with van der Waals surface area (Å²) >= 11 is 1.70. The molecule has 2 aromatic carbocycles. The van der Waals surface area contributed by atoms with Crippen LogP contribution in [-0.4, -0.2) is 26.2 Å². The van der Waals surface area contributed by atoms with Crippen LogP contribution in [0.4, 0.5) is 0 Å². The Morgan fingerprint density at radius 2 is 1.89 bits per heavy atom. The van der Waals surface area contributed by atoms with Crippen molar-refractivity contribution in [2.45, 2.75) is 24.2 Å². The van der Waals surface area contributed by atoms with Gasteiger partial charge in [0.1, 0.15) is 6.10 Å². The van der Waals surface area contributed by atoms with Crippen LogP contribution in [-0.2, 0) is 17.9 Å². The van der Waals surface area contributed by atoms with Crippen molar-refractivity contribution in [3.8, 4) is 23.0 Å². The van der Waals surface area contributed by atoms with Gasteiger partial charge in [0.05, 0.1) is 18.8 Å². The molecule has 0 N–H and O–H groups in total. The minimum absolute atomic E-state index is 0.00496. The number of ether oxygens (including phenoxy) is 1. The van der Waals surface area contributed by atoms with Crippen molar-refractivity contribution in [2.75, 3.05) is 6.26 Å². The van der Waals surface area contributed by atoms with Gasteiger partial charge in [-0.2, -0.15) is 10.1 Å². The molecule has 140 valence electrons. The van der Waals surface area contributed by atoms with Crippen molar-refractivity contribution in [1.29, 1.82) is 0 Å². The number of rotatable bonds is 4. The summed E-state index contributed by atoms with van der Waals surface area (Å²) in [6.45, 7) is 1.17. The Kier molecular flexibility index (Phi) is 4.46. The minimum Gasteiger partial charge on any atom is -0.365 e. The van der Waals surface area contributed by atoms with Crippen molar-refractivity contribution in [3.63, 3.8) is 0 Å². The zero-order valence-corrected chi connectivity index (χ0v) is 16.1. The van der Waals surface area contributed by atoms with E-state index in [-0.39, 0.29) is 6.10 Å². The summed E-state index contributed by atoms with van der Waals surface area (Å²) in [5.74, 6) is 0.981. The van der Waals surface area contributed by atoms with Crippen molar-refractivity contribution < 1.29 is 9.26 Å². The van der Waals surface area contributed by atoms with Crippen LogP contribution in [0, 0.1) is 0 Å². The number of nitrogens with zero attached hydrogens (tertiary/aromatic N) is 4. The number of hydrogen-bond acceptors (Lipinski definition) is 6. The van der Waals surface area contributed by atoms with E-state index in [1.165, 1.54) is 4.90 Å². The van der Waals surface area contributed by atoms with Gasteiger partial charge < -0.3 is 9.26 Å². The molecule has 0 radical (unpaired) electrons. The van der Waals surface area contributed by atoms with Crippen molar-refractivity contribution in [1.82, 2.24) is 19.9 Å². The van der Waals surface area contributed by atoms with E-state index in [9.17, 15) is 0 Å². The first kappa shape index (κ1) is 17.2. The molecule has 0 saturated heterocycles. The lowest BCUT2D eigenvalue weighted by molar-refractivity contribution is -0.00113. The molecular formula is C21H18N4O2S. The third-order valence-corrected chi connectivity index (χ3v) is 5.54. The van der Waals surface area contributed by atoms with E-state index in [2.05, 4.69) is 27.4 Å². The maximum atomic E-state index is 6.01. The average molecular weight is 390 g/mol. The highest BCUT2D eigenvalue weighted by Gasteiger charge is 2.24. The van der Waals surface area contributed by atoms with Gasteiger partial charge in [-0.1, -0.05) is 35.5 Å². The number of hydrogen-bond donors (Lipinski definition) is 0. The summed E-state index contributed by atoms with van der Waals surface area (Å²) in [7, 11) is 0. The van der Waals surface area contributed by atoms with E-state index in [0.29, 0.717) is 30.6 Å². The van der Waals surface area contributed by atoms with Gasteiger partial charge >= 0.3 is 0 Å². The molecule has 28 heavy (non-hydrogen) atoms. The molecule has 1 unspecified atom stereocenters. The molecule has 1 aliphatic rings. The molecular weight excluding hydrogens is 372 g/mol. The molecule has 0 aliphatic carbocycles. The summed E-state index contributed by atoms with van der Waals surface area (Å²) in [6, 6.07) is 20.2. The van der Waals surface area contributed by atoms with Gasteiger partial charge in [0.2, 0.25) is 5.82 Å². The first-order chi connectivity index (χ1) is 13.8. The van der Waals surface area contributed by atoms with Gasteiger partial charge in [0.25, 0.3) is 5.89 Å². The van der Waals surface area contributed by atoms with Gasteiger partial charge in [-0.25, -0.2) is 0 Å². The van der Waals surface area contributed by atoms with Gasteiger partial charge in [0, 0.05) is 10.5 Å². The molecule has 5 rings (SSSR count). The van der Waals surface area contributed by atoms with Gasteiger partial charge in [0.15, 0.2) is 5.69 Å². The van der Waals surface area contributed by atoms with Crippen LogP contribution in [0.5, 0.6) is 0 Å². The highest BCUT2D eigenvalue weighted by atomic mass is 32.2. The maximum absolute atomic E-state index is 6.01. The van der Waals surface area contributed by atoms with Crippen LogP contribution in [0.3, 0.4) is 0 Å². The second-order valence-electron chi connectivity index (χ2n) is 6.56. The van der Waals surface area contributed by atoms with E-state index in [0.717, 1.165) is 16.8 Å². The van der Waals surface area contributed by atoms with Crippen molar-refractivity contribution in [3.05, 3.63) is 71.9 Å². The third-order valence-electron chi connectivity index (χ3n) is 4.80. The number of fused-ring (bicyclic) bond motifs is 1. The molecule has 0 bridgehead atoms. The first-order valence-corrected chi connectivity index (χ1v) is 10.2. The fraction of sp³-hybridized carbons (Fsp3) is 0.190. The average Bonchev–Trinajstić information content (AvgIpc) is 3.41. The van der Waals surface area contributed by atoms with Crippen molar-refractivity contribution >= 4 is 11.8 Å². The summed E-state index contributed by atoms with van der Waals surface area (Å²) in [5.41, 5.74) is 3.75. The SMILES string of the molecule is CSc1ccc(-c2noc(-c3cc4n(n3)CC(c3ccccc3)OC4)n2)cc1. The molecule has 6 nitrogen and oxygen atoms in total. The molecule has 0 spiro atoms. The second-order valence-corrected chi connectivity index (χ2v) is 7.44. The largest absolute Gasteiger partial charge is 0.365 e. The summed E-state index contributed by atoms with van der Waals surface area (Å²) in [4.78, 5) is 5.72. The fourth-order valence-corrected chi connectivity index (χ4v) is 3.69. The molecule has 1 aliphatic heterocycles. The monoisotopic (exact) mass is 390 g/mol. The van der Waals surface area contributed by atoms with Gasteiger partial charge in [-0.15, -0.1) is 11.8 Å². The minimum atomic E-state index is -0.00496. The molecule has 7 heteroatoms. The normalized spacial score (nSPS) is 16.1. The Bertz CT molecular complexity index is 1090. The Balaban J connectivity index is 1.39. The zero-order valence-electron chi connectivity index (χ0n) is 15.3. The quantitative estimate of drug-likeness (QED) is 0.475. The van der Waals surface area contributed by atoms with Crippen LogP contribution in [0.15, 0.2) is 70.1 Å².